The first-order valence-electron chi connectivity index (χ1n) is 5.10. The summed E-state index contributed by atoms with van der Waals surface area (Å²) in [6, 6.07) is 0. The number of nitrogens with one attached hydrogen (secondary N) is 1. The van der Waals surface area contributed by atoms with E-state index < -0.39 is 4.92 Å². The molecule has 1 rings (SSSR count). The van der Waals surface area contributed by atoms with Gasteiger partial charge in [-0.3, -0.25) is 10.1 Å². The van der Waals surface area contributed by atoms with Crippen molar-refractivity contribution >= 4 is 11.6 Å². The quantitative estimate of drug-likeness (QED) is 0.460. The molecule has 0 spiro atoms. The van der Waals surface area contributed by atoms with Crippen LogP contribution in [0.2, 0.25) is 0 Å². The molecular weight excluding hydrogens is 224 g/mol. The van der Waals surface area contributed by atoms with Gasteiger partial charge < -0.3 is 10.1 Å². The third kappa shape index (κ3) is 3.13. The number of nitrogens with zero attached hydrogens (tertiary/aromatic N) is 3. The summed E-state index contributed by atoms with van der Waals surface area (Å²) in [5, 5.41) is 13.8. The number of ether oxygens (including phenoxy) is 1. The molecule has 0 atom stereocenters. The van der Waals surface area contributed by atoms with Crippen molar-refractivity contribution in [3.63, 3.8) is 0 Å². The smallest absolute Gasteiger partial charge is 0.352 e. The van der Waals surface area contributed by atoms with Crippen molar-refractivity contribution in [1.82, 2.24) is 9.97 Å². The third-order valence-corrected chi connectivity index (χ3v) is 1.88. The second kappa shape index (κ2) is 5.78. The van der Waals surface area contributed by atoms with Gasteiger partial charge >= 0.3 is 5.69 Å². The highest BCUT2D eigenvalue weighted by atomic mass is 16.6. The molecule has 92 valence electrons. The lowest BCUT2D eigenvalue weighted by molar-refractivity contribution is -0.387. The van der Waals surface area contributed by atoms with Gasteiger partial charge in [-0.25, -0.2) is 4.98 Å². The van der Waals surface area contributed by atoms with Crippen LogP contribution in [-0.4, -0.2) is 28.0 Å². The molecule has 0 saturated carbocycles. The van der Waals surface area contributed by atoms with Crippen LogP contribution in [0.3, 0.4) is 0 Å². The van der Waals surface area contributed by atoms with E-state index in [1.807, 2.05) is 6.92 Å². The van der Waals surface area contributed by atoms with E-state index in [0.29, 0.717) is 12.5 Å². The molecule has 0 radical (unpaired) electrons. The monoisotopic (exact) mass is 238 g/mol. The first-order valence-corrected chi connectivity index (χ1v) is 5.10. The summed E-state index contributed by atoms with van der Waals surface area (Å²) >= 11 is 0. The molecule has 0 aliphatic rings. The van der Waals surface area contributed by atoms with Gasteiger partial charge in [-0.15, -0.1) is 0 Å². The van der Waals surface area contributed by atoms with E-state index in [4.69, 9.17) is 4.74 Å². The third-order valence-electron chi connectivity index (χ3n) is 1.88. The minimum Gasteiger partial charge on any atom is -0.468 e. The highest BCUT2D eigenvalue weighted by molar-refractivity contribution is 5.48. The van der Waals surface area contributed by atoms with Crippen LogP contribution in [-0.2, 0) is 0 Å². The molecule has 0 amide bonds. The van der Waals surface area contributed by atoms with Crippen molar-refractivity contribution in [3.05, 3.63) is 28.5 Å². The molecule has 1 heterocycles. The van der Waals surface area contributed by atoms with Gasteiger partial charge in [-0.2, -0.15) is 4.98 Å². The van der Waals surface area contributed by atoms with Gasteiger partial charge in [0.1, 0.15) is 12.3 Å². The van der Waals surface area contributed by atoms with Crippen LogP contribution in [0, 0.1) is 17.0 Å². The van der Waals surface area contributed by atoms with Gasteiger partial charge in [0, 0.05) is 6.54 Å². The molecule has 0 aromatic carbocycles. The topological polar surface area (TPSA) is 90.2 Å². The van der Waals surface area contributed by atoms with Gasteiger partial charge in [-0.05, 0) is 13.8 Å². The van der Waals surface area contributed by atoms with E-state index in [9.17, 15) is 10.1 Å². The van der Waals surface area contributed by atoms with E-state index in [1.54, 1.807) is 6.92 Å². The Kier molecular flexibility index (Phi) is 4.38. The fourth-order valence-electron chi connectivity index (χ4n) is 1.23. The second-order valence-electron chi connectivity index (χ2n) is 3.17. The SMILES string of the molecule is C=CCOc1nc(NCC)nc(C)c1[N+](=O)[O-]. The summed E-state index contributed by atoms with van der Waals surface area (Å²) in [4.78, 5) is 18.3. The summed E-state index contributed by atoms with van der Waals surface area (Å²) in [6.45, 7) is 7.68. The molecule has 0 fully saturated rings. The van der Waals surface area contributed by atoms with Crippen molar-refractivity contribution < 1.29 is 9.66 Å². The Balaban J connectivity index is 3.18. The lowest BCUT2D eigenvalue weighted by atomic mass is 10.3. The number of hydrogen-bond acceptors (Lipinski definition) is 6. The summed E-state index contributed by atoms with van der Waals surface area (Å²) in [6.07, 6.45) is 1.49. The average molecular weight is 238 g/mol. The Morgan fingerprint density at radius 2 is 2.29 bits per heavy atom. The van der Waals surface area contributed by atoms with E-state index >= 15 is 0 Å². The zero-order valence-corrected chi connectivity index (χ0v) is 9.77. The van der Waals surface area contributed by atoms with Gasteiger partial charge in [0.15, 0.2) is 0 Å². The Labute approximate surface area is 98.7 Å². The molecule has 0 aliphatic carbocycles. The zero-order valence-electron chi connectivity index (χ0n) is 9.77. The van der Waals surface area contributed by atoms with Crippen LogP contribution in [0.25, 0.3) is 0 Å². The normalized spacial score (nSPS) is 9.76. The van der Waals surface area contributed by atoms with Gasteiger partial charge in [0.2, 0.25) is 5.95 Å². The lowest BCUT2D eigenvalue weighted by Gasteiger charge is -2.07. The standard InChI is InChI=1S/C10H14N4O3/c1-4-6-17-9-8(14(15)16)7(3)12-10(13-9)11-5-2/h4H,1,5-6H2,2-3H3,(H,11,12,13). The largest absolute Gasteiger partial charge is 0.468 e. The summed E-state index contributed by atoms with van der Waals surface area (Å²) in [5.41, 5.74) is 0.0496. The maximum absolute atomic E-state index is 10.9. The minimum absolute atomic E-state index is 0.0432. The van der Waals surface area contributed by atoms with Crippen molar-refractivity contribution in [2.24, 2.45) is 0 Å². The molecular formula is C10H14N4O3. The van der Waals surface area contributed by atoms with E-state index in [2.05, 4.69) is 21.9 Å². The number of aromatic nitrogens is 2. The average Bonchev–Trinajstić information content (AvgIpc) is 2.25. The molecule has 0 aliphatic heterocycles. The molecule has 0 saturated heterocycles. The maximum atomic E-state index is 10.9. The molecule has 1 N–H and O–H groups in total. The van der Waals surface area contributed by atoms with E-state index in [0.717, 1.165) is 0 Å². The summed E-state index contributed by atoms with van der Waals surface area (Å²) in [5.74, 6) is 0.271. The summed E-state index contributed by atoms with van der Waals surface area (Å²) in [7, 11) is 0. The molecule has 1 aromatic heterocycles. The predicted octanol–water partition coefficient (Wildman–Crippen LogP) is 1.69. The van der Waals surface area contributed by atoms with Crippen LogP contribution >= 0.6 is 0 Å². The van der Waals surface area contributed by atoms with Gasteiger partial charge in [-0.1, -0.05) is 12.7 Å². The number of hydrogen-bond donors (Lipinski definition) is 1. The second-order valence-corrected chi connectivity index (χ2v) is 3.17. The first kappa shape index (κ1) is 12.9. The van der Waals surface area contributed by atoms with Crippen LogP contribution < -0.4 is 10.1 Å². The van der Waals surface area contributed by atoms with Gasteiger partial charge in [0.05, 0.1) is 4.92 Å². The van der Waals surface area contributed by atoms with Crippen molar-refractivity contribution in [2.75, 3.05) is 18.5 Å². The van der Waals surface area contributed by atoms with E-state index in [1.165, 1.54) is 6.08 Å². The van der Waals surface area contributed by atoms with Crippen LogP contribution in [0.5, 0.6) is 5.88 Å². The lowest BCUT2D eigenvalue weighted by Crippen LogP contribution is -2.09. The number of aryl methyl sites for hydroxylation is 1. The van der Waals surface area contributed by atoms with Crippen LogP contribution in [0.15, 0.2) is 12.7 Å². The number of rotatable bonds is 6. The van der Waals surface area contributed by atoms with Gasteiger partial charge in [0.25, 0.3) is 5.88 Å². The molecule has 7 nitrogen and oxygen atoms in total. The Morgan fingerprint density at radius 3 is 2.82 bits per heavy atom. The van der Waals surface area contributed by atoms with E-state index in [-0.39, 0.29) is 23.9 Å². The number of anilines is 1. The van der Waals surface area contributed by atoms with Crippen molar-refractivity contribution in [2.45, 2.75) is 13.8 Å². The number of nitro groups is 1. The Morgan fingerprint density at radius 1 is 1.59 bits per heavy atom. The van der Waals surface area contributed by atoms with Crippen molar-refractivity contribution in [3.8, 4) is 5.88 Å². The molecule has 7 heteroatoms. The fourth-order valence-corrected chi connectivity index (χ4v) is 1.23. The van der Waals surface area contributed by atoms with Crippen molar-refractivity contribution in [1.29, 1.82) is 0 Å². The highest BCUT2D eigenvalue weighted by Gasteiger charge is 2.23. The first-order chi connectivity index (χ1) is 8.10. The Bertz CT molecular complexity index is 434. The predicted molar refractivity (Wildman–Crippen MR) is 63.3 cm³/mol. The zero-order chi connectivity index (χ0) is 12.8. The molecule has 17 heavy (non-hydrogen) atoms. The fraction of sp³-hybridized carbons (Fsp3) is 0.400. The molecule has 0 bridgehead atoms. The maximum Gasteiger partial charge on any atom is 0.352 e. The Hall–Kier alpha value is -2.18. The summed E-state index contributed by atoms with van der Waals surface area (Å²) < 4.78 is 5.16. The molecule has 1 aromatic rings. The van der Waals surface area contributed by atoms with Crippen LogP contribution in [0.4, 0.5) is 11.6 Å². The minimum atomic E-state index is -0.552. The molecule has 0 unspecified atom stereocenters. The van der Waals surface area contributed by atoms with Crippen LogP contribution in [0.1, 0.15) is 12.6 Å². The highest BCUT2D eigenvalue weighted by Crippen LogP contribution is 2.28.